The zero-order valence-electron chi connectivity index (χ0n) is 14.4. The Morgan fingerprint density at radius 3 is 1.96 bits per heavy atom. The summed E-state index contributed by atoms with van der Waals surface area (Å²) in [4.78, 5) is 5.66. The van der Waals surface area contributed by atoms with Gasteiger partial charge in [0.05, 0.1) is 13.2 Å². The molecule has 4 fully saturated rings. The van der Waals surface area contributed by atoms with Gasteiger partial charge in [-0.3, -0.25) is 9.80 Å². The lowest BCUT2D eigenvalue weighted by Gasteiger charge is -2.60. The van der Waals surface area contributed by atoms with Gasteiger partial charge < -0.3 is 4.74 Å². The van der Waals surface area contributed by atoms with Gasteiger partial charge in [0.15, 0.2) is 5.79 Å². The Hall–Kier alpha value is 0.150. The van der Waals surface area contributed by atoms with Crippen molar-refractivity contribution in [2.45, 2.75) is 37.9 Å². The van der Waals surface area contributed by atoms with E-state index in [0.717, 1.165) is 26.3 Å². The predicted molar refractivity (Wildman–Crippen MR) is 95.4 cm³/mol. The first kappa shape index (κ1) is 16.6. The summed E-state index contributed by atoms with van der Waals surface area (Å²) in [5.74, 6) is 2.64. The molecule has 4 saturated heterocycles. The second-order valence-corrected chi connectivity index (χ2v) is 8.36. The molecule has 0 amide bonds. The van der Waals surface area contributed by atoms with Crippen molar-refractivity contribution in [1.82, 2.24) is 19.8 Å². The molecule has 4 aliphatic rings. The summed E-state index contributed by atoms with van der Waals surface area (Å²) in [7, 11) is 0. The second kappa shape index (κ2) is 7.58. The fraction of sp³-hybridized carbons (Fsp3) is 1.00. The van der Waals surface area contributed by atoms with Gasteiger partial charge in [-0.1, -0.05) is 6.42 Å². The molecule has 0 aromatic heterocycles. The lowest BCUT2D eigenvalue weighted by molar-refractivity contribution is -0.248. The molecule has 23 heavy (non-hydrogen) atoms. The van der Waals surface area contributed by atoms with E-state index in [9.17, 15) is 0 Å². The molecule has 0 aliphatic carbocycles. The molecule has 0 aromatic rings. The second-order valence-electron chi connectivity index (χ2n) is 7.26. The fourth-order valence-corrected chi connectivity index (χ4v) is 6.05. The maximum absolute atomic E-state index is 5.63. The van der Waals surface area contributed by atoms with E-state index >= 15 is 0 Å². The number of likely N-dealkylation sites (tertiary alicyclic amines) is 2. The molecule has 5 nitrogen and oxygen atoms in total. The van der Waals surface area contributed by atoms with E-state index in [2.05, 4.69) is 31.6 Å². The SMILES string of the molecule is C1CCN(C2(N3CCCC3)CSCCN2N2CCOCC2)CC1. The van der Waals surface area contributed by atoms with Crippen molar-refractivity contribution in [3.8, 4) is 0 Å². The highest BCUT2D eigenvalue weighted by molar-refractivity contribution is 7.99. The maximum Gasteiger partial charge on any atom is 0.153 e. The van der Waals surface area contributed by atoms with Crippen LogP contribution < -0.4 is 0 Å². The minimum Gasteiger partial charge on any atom is -0.379 e. The van der Waals surface area contributed by atoms with Crippen LogP contribution in [0.5, 0.6) is 0 Å². The Kier molecular flexibility index (Phi) is 5.48. The van der Waals surface area contributed by atoms with Crippen molar-refractivity contribution >= 4 is 11.8 Å². The number of hydrogen-bond acceptors (Lipinski definition) is 6. The molecular weight excluding hydrogens is 308 g/mol. The first-order valence-electron chi connectivity index (χ1n) is 9.59. The molecule has 0 N–H and O–H groups in total. The third-order valence-electron chi connectivity index (χ3n) is 5.96. The van der Waals surface area contributed by atoms with Crippen molar-refractivity contribution in [2.24, 2.45) is 0 Å². The molecule has 4 rings (SSSR count). The number of hydrogen-bond donors (Lipinski definition) is 0. The number of nitrogens with zero attached hydrogens (tertiary/aromatic N) is 4. The molecular formula is C17H32N4OS. The molecule has 0 radical (unpaired) electrons. The molecule has 0 saturated carbocycles. The Morgan fingerprint density at radius 1 is 0.696 bits per heavy atom. The fourth-order valence-electron chi connectivity index (χ4n) is 4.81. The zero-order valence-corrected chi connectivity index (χ0v) is 15.2. The average Bonchev–Trinajstić information content (AvgIpc) is 3.18. The summed E-state index contributed by atoms with van der Waals surface area (Å²) in [6.07, 6.45) is 6.90. The number of thioether (sulfide) groups is 1. The van der Waals surface area contributed by atoms with E-state index in [4.69, 9.17) is 4.74 Å². The van der Waals surface area contributed by atoms with E-state index in [-0.39, 0.29) is 5.79 Å². The van der Waals surface area contributed by atoms with Crippen LogP contribution in [0.4, 0.5) is 0 Å². The topological polar surface area (TPSA) is 22.2 Å². The molecule has 4 aliphatic heterocycles. The number of ether oxygens (including phenoxy) is 1. The standard InChI is InChI=1S/C17H32N4OS/c1-2-6-18(7-3-1)17(19-8-4-5-9-19)16-23-15-12-21(17)20-10-13-22-14-11-20/h1-16H2. The lowest BCUT2D eigenvalue weighted by Crippen LogP contribution is -2.77. The van der Waals surface area contributed by atoms with Crippen LogP contribution in [0.15, 0.2) is 0 Å². The van der Waals surface area contributed by atoms with Gasteiger partial charge in [-0.15, -0.1) is 0 Å². The van der Waals surface area contributed by atoms with Crippen LogP contribution >= 0.6 is 11.8 Å². The number of piperidine rings is 1. The monoisotopic (exact) mass is 340 g/mol. The number of hydrazine groups is 1. The Morgan fingerprint density at radius 2 is 1.30 bits per heavy atom. The van der Waals surface area contributed by atoms with Crippen LogP contribution in [-0.4, -0.2) is 96.1 Å². The van der Waals surface area contributed by atoms with Crippen molar-refractivity contribution in [3.05, 3.63) is 0 Å². The third kappa shape index (κ3) is 3.18. The first-order valence-corrected chi connectivity index (χ1v) is 10.7. The lowest BCUT2D eigenvalue weighted by atomic mass is 10.1. The molecule has 1 unspecified atom stereocenters. The van der Waals surface area contributed by atoms with Gasteiger partial charge in [0.25, 0.3) is 0 Å². The van der Waals surface area contributed by atoms with Gasteiger partial charge >= 0.3 is 0 Å². The van der Waals surface area contributed by atoms with Crippen molar-refractivity contribution in [1.29, 1.82) is 0 Å². The summed E-state index contributed by atoms with van der Waals surface area (Å²) in [5.41, 5.74) is 0. The first-order chi connectivity index (χ1) is 11.4. The van der Waals surface area contributed by atoms with E-state index in [1.807, 2.05) is 0 Å². The zero-order chi connectivity index (χ0) is 15.5. The molecule has 6 heteroatoms. The predicted octanol–water partition coefficient (Wildman–Crippen LogP) is 1.52. The van der Waals surface area contributed by atoms with Crippen LogP contribution in [0, 0.1) is 0 Å². The van der Waals surface area contributed by atoms with Crippen LogP contribution in [0.25, 0.3) is 0 Å². The Labute approximate surface area is 145 Å². The molecule has 1 atom stereocenters. The molecule has 0 bridgehead atoms. The summed E-state index contributed by atoms with van der Waals surface area (Å²) >= 11 is 2.17. The number of morpholine rings is 1. The van der Waals surface area contributed by atoms with E-state index < -0.39 is 0 Å². The van der Waals surface area contributed by atoms with Crippen LogP contribution in [0.1, 0.15) is 32.1 Å². The maximum atomic E-state index is 5.63. The van der Waals surface area contributed by atoms with Gasteiger partial charge in [0.1, 0.15) is 0 Å². The summed E-state index contributed by atoms with van der Waals surface area (Å²) < 4.78 is 5.63. The van der Waals surface area contributed by atoms with Gasteiger partial charge in [0.2, 0.25) is 0 Å². The van der Waals surface area contributed by atoms with Crippen molar-refractivity contribution in [2.75, 3.05) is 70.5 Å². The summed E-state index contributed by atoms with van der Waals surface area (Å²) in [5, 5.41) is 5.39. The van der Waals surface area contributed by atoms with Crippen LogP contribution in [-0.2, 0) is 4.74 Å². The van der Waals surface area contributed by atoms with E-state index in [1.165, 1.54) is 76.3 Å². The van der Waals surface area contributed by atoms with Crippen molar-refractivity contribution in [3.63, 3.8) is 0 Å². The minimum absolute atomic E-state index is 0.136. The third-order valence-corrected chi connectivity index (χ3v) is 7.02. The average molecular weight is 341 g/mol. The Bertz CT molecular complexity index is 381. The summed E-state index contributed by atoms with van der Waals surface area (Å²) in [6.45, 7) is 10.2. The van der Waals surface area contributed by atoms with Gasteiger partial charge in [0, 0.05) is 57.3 Å². The molecule has 132 valence electrons. The van der Waals surface area contributed by atoms with Crippen LogP contribution in [0.3, 0.4) is 0 Å². The smallest absolute Gasteiger partial charge is 0.153 e. The normalized spacial score (nSPS) is 36.5. The van der Waals surface area contributed by atoms with Gasteiger partial charge in [-0.2, -0.15) is 11.8 Å². The molecule has 0 spiro atoms. The molecule has 0 aromatic carbocycles. The highest BCUT2D eigenvalue weighted by Gasteiger charge is 2.51. The van der Waals surface area contributed by atoms with E-state index in [1.54, 1.807) is 0 Å². The van der Waals surface area contributed by atoms with Crippen molar-refractivity contribution < 1.29 is 4.74 Å². The number of rotatable bonds is 3. The van der Waals surface area contributed by atoms with Gasteiger partial charge in [-0.05, 0) is 25.7 Å². The minimum atomic E-state index is 0.136. The molecule has 4 heterocycles. The van der Waals surface area contributed by atoms with E-state index in [0.29, 0.717) is 0 Å². The van der Waals surface area contributed by atoms with Gasteiger partial charge in [-0.25, -0.2) is 10.0 Å². The van der Waals surface area contributed by atoms with Crippen LogP contribution in [0.2, 0.25) is 0 Å². The summed E-state index contributed by atoms with van der Waals surface area (Å²) in [6, 6.07) is 0. The quantitative estimate of drug-likeness (QED) is 0.771. The Balaban J connectivity index is 1.64. The largest absolute Gasteiger partial charge is 0.379 e. The highest BCUT2D eigenvalue weighted by Crippen LogP contribution is 2.38. The highest BCUT2D eigenvalue weighted by atomic mass is 32.2.